The zero-order valence-electron chi connectivity index (χ0n) is 13.9. The van der Waals surface area contributed by atoms with E-state index in [1.54, 1.807) is 14.1 Å². The van der Waals surface area contributed by atoms with E-state index in [-0.39, 0.29) is 16.1 Å². The number of fused-ring (bicyclic) bond motifs is 1. The van der Waals surface area contributed by atoms with Gasteiger partial charge in [-0.2, -0.15) is 5.10 Å². The Morgan fingerprint density at radius 2 is 1.88 bits per heavy atom. The fraction of sp³-hybridized carbons (Fsp3) is 0.267. The second kappa shape index (κ2) is 5.88. The Bertz CT molecular complexity index is 1140. The number of rotatable bonds is 4. The average Bonchev–Trinajstić information content (AvgIpc) is 3.15. The van der Waals surface area contributed by atoms with Crippen molar-refractivity contribution < 1.29 is 13.2 Å². The number of carbonyl (C=O) groups is 1. The third-order valence-electron chi connectivity index (χ3n) is 4.00. The minimum absolute atomic E-state index is 0.0996. The first kappa shape index (κ1) is 17.0. The Balaban J connectivity index is 1.97. The molecule has 0 atom stereocenters. The molecule has 0 aliphatic carbocycles. The van der Waals surface area contributed by atoms with Gasteiger partial charge in [0.1, 0.15) is 0 Å². The first-order valence-electron chi connectivity index (χ1n) is 7.49. The molecule has 0 aliphatic heterocycles. The summed E-state index contributed by atoms with van der Waals surface area (Å²) >= 11 is 0. The van der Waals surface area contributed by atoms with Crippen LogP contribution in [0.1, 0.15) is 17.3 Å². The van der Waals surface area contributed by atoms with Crippen LogP contribution in [0.2, 0.25) is 0 Å². The standard InChI is InChI=1S/C15H17N5O4S/c1-4-20-9-10(8-16-20)14(21)17-25(23,24)11-5-6-12-13(7-11)19(3)15(22)18(12)2/h5-9H,4H2,1-3H3,(H,17,21). The van der Waals surface area contributed by atoms with Gasteiger partial charge in [0.25, 0.3) is 15.9 Å². The molecule has 1 N–H and O–H groups in total. The highest BCUT2D eigenvalue weighted by molar-refractivity contribution is 7.90. The van der Waals surface area contributed by atoms with Gasteiger partial charge < -0.3 is 0 Å². The molecule has 132 valence electrons. The van der Waals surface area contributed by atoms with Crippen molar-refractivity contribution in [2.75, 3.05) is 0 Å². The lowest BCUT2D eigenvalue weighted by Crippen LogP contribution is -2.30. The number of aromatic nitrogens is 4. The fourth-order valence-corrected chi connectivity index (χ4v) is 3.54. The molecule has 0 saturated heterocycles. The molecule has 3 rings (SSSR count). The zero-order valence-corrected chi connectivity index (χ0v) is 14.7. The van der Waals surface area contributed by atoms with Gasteiger partial charge in [-0.3, -0.25) is 18.6 Å². The highest BCUT2D eigenvalue weighted by atomic mass is 32.2. The molecule has 2 aromatic heterocycles. The van der Waals surface area contributed by atoms with E-state index in [2.05, 4.69) is 5.10 Å². The van der Waals surface area contributed by atoms with Crippen LogP contribution < -0.4 is 10.4 Å². The van der Waals surface area contributed by atoms with E-state index in [0.717, 1.165) is 0 Å². The van der Waals surface area contributed by atoms with E-state index in [9.17, 15) is 18.0 Å². The number of nitrogens with one attached hydrogen (secondary N) is 1. The van der Waals surface area contributed by atoms with E-state index in [1.165, 1.54) is 44.4 Å². The maximum absolute atomic E-state index is 12.5. The first-order chi connectivity index (χ1) is 11.7. The zero-order chi connectivity index (χ0) is 18.4. The Kier molecular flexibility index (Phi) is 3.99. The second-order valence-electron chi connectivity index (χ2n) is 5.57. The molecule has 2 heterocycles. The van der Waals surface area contributed by atoms with Gasteiger partial charge in [0.2, 0.25) is 0 Å². The van der Waals surface area contributed by atoms with Gasteiger partial charge in [0, 0.05) is 26.8 Å². The summed E-state index contributed by atoms with van der Waals surface area (Å²) in [4.78, 5) is 24.0. The van der Waals surface area contributed by atoms with Crippen LogP contribution in [0.3, 0.4) is 0 Å². The Morgan fingerprint density at radius 1 is 1.20 bits per heavy atom. The summed E-state index contributed by atoms with van der Waals surface area (Å²) in [5.74, 6) is -0.762. The van der Waals surface area contributed by atoms with E-state index in [1.807, 2.05) is 11.6 Å². The van der Waals surface area contributed by atoms with Crippen molar-refractivity contribution in [3.63, 3.8) is 0 Å². The van der Waals surface area contributed by atoms with Crippen molar-refractivity contribution >= 4 is 27.0 Å². The first-order valence-corrected chi connectivity index (χ1v) is 8.98. The topological polar surface area (TPSA) is 108 Å². The van der Waals surface area contributed by atoms with Crippen LogP contribution in [0.25, 0.3) is 11.0 Å². The molecular weight excluding hydrogens is 346 g/mol. The van der Waals surface area contributed by atoms with Crippen molar-refractivity contribution in [1.29, 1.82) is 0 Å². The summed E-state index contributed by atoms with van der Waals surface area (Å²) in [5, 5.41) is 3.94. The van der Waals surface area contributed by atoms with Gasteiger partial charge in [-0.15, -0.1) is 0 Å². The summed E-state index contributed by atoms with van der Waals surface area (Å²) in [5.41, 5.74) is 0.947. The maximum Gasteiger partial charge on any atom is 0.328 e. The van der Waals surface area contributed by atoms with Crippen LogP contribution in [0.4, 0.5) is 0 Å². The Hall–Kier alpha value is -2.88. The molecule has 9 nitrogen and oxygen atoms in total. The smallest absolute Gasteiger partial charge is 0.295 e. The molecule has 0 aliphatic rings. The normalized spacial score (nSPS) is 11.8. The Morgan fingerprint density at radius 3 is 2.52 bits per heavy atom. The number of sulfonamides is 1. The lowest BCUT2D eigenvalue weighted by atomic mass is 10.3. The van der Waals surface area contributed by atoms with E-state index in [0.29, 0.717) is 17.6 Å². The van der Waals surface area contributed by atoms with Crippen molar-refractivity contribution in [2.45, 2.75) is 18.4 Å². The van der Waals surface area contributed by atoms with Crippen molar-refractivity contribution in [3.05, 3.63) is 46.6 Å². The molecule has 3 aromatic rings. The molecule has 25 heavy (non-hydrogen) atoms. The highest BCUT2D eigenvalue weighted by Gasteiger charge is 2.21. The number of benzene rings is 1. The molecule has 0 saturated carbocycles. The number of aryl methyl sites for hydroxylation is 3. The number of imidazole rings is 1. The van der Waals surface area contributed by atoms with Gasteiger partial charge >= 0.3 is 5.69 Å². The minimum Gasteiger partial charge on any atom is -0.295 e. The predicted octanol–water partition coefficient (Wildman–Crippen LogP) is 0.212. The van der Waals surface area contributed by atoms with Crippen LogP contribution in [0.5, 0.6) is 0 Å². The molecule has 0 unspecified atom stereocenters. The van der Waals surface area contributed by atoms with Crippen LogP contribution in [-0.4, -0.2) is 33.2 Å². The van der Waals surface area contributed by atoms with Gasteiger partial charge in [0.15, 0.2) is 0 Å². The van der Waals surface area contributed by atoms with Crippen LogP contribution in [0.15, 0.2) is 40.3 Å². The third-order valence-corrected chi connectivity index (χ3v) is 5.33. The van der Waals surface area contributed by atoms with Gasteiger partial charge in [-0.05, 0) is 25.1 Å². The monoisotopic (exact) mass is 363 g/mol. The quantitative estimate of drug-likeness (QED) is 0.713. The summed E-state index contributed by atoms with van der Waals surface area (Å²) in [6.45, 7) is 2.42. The molecule has 10 heteroatoms. The second-order valence-corrected chi connectivity index (χ2v) is 7.25. The molecule has 0 radical (unpaired) electrons. The van der Waals surface area contributed by atoms with E-state index < -0.39 is 15.9 Å². The van der Waals surface area contributed by atoms with Gasteiger partial charge in [-0.25, -0.2) is 17.9 Å². The molecule has 1 amide bonds. The lowest BCUT2D eigenvalue weighted by molar-refractivity contribution is 0.0981. The third kappa shape index (κ3) is 2.84. The van der Waals surface area contributed by atoms with Crippen molar-refractivity contribution in [3.8, 4) is 0 Å². The number of hydrogen-bond donors (Lipinski definition) is 1. The molecular formula is C15H17N5O4S. The number of nitrogens with zero attached hydrogens (tertiary/aromatic N) is 4. The van der Waals surface area contributed by atoms with Crippen LogP contribution in [-0.2, 0) is 30.7 Å². The van der Waals surface area contributed by atoms with Crippen LogP contribution in [0, 0.1) is 0 Å². The molecule has 0 fully saturated rings. The molecule has 0 spiro atoms. The van der Waals surface area contributed by atoms with E-state index in [4.69, 9.17) is 0 Å². The highest BCUT2D eigenvalue weighted by Crippen LogP contribution is 2.18. The number of hydrogen-bond acceptors (Lipinski definition) is 5. The largest absolute Gasteiger partial charge is 0.328 e. The summed E-state index contributed by atoms with van der Waals surface area (Å²) in [6.07, 6.45) is 2.77. The Labute approximate surface area is 143 Å². The average molecular weight is 363 g/mol. The van der Waals surface area contributed by atoms with Crippen molar-refractivity contribution in [2.24, 2.45) is 14.1 Å². The van der Waals surface area contributed by atoms with Gasteiger partial charge in [-0.1, -0.05) is 0 Å². The predicted molar refractivity (Wildman–Crippen MR) is 90.7 cm³/mol. The van der Waals surface area contributed by atoms with Gasteiger partial charge in [0.05, 0.1) is 27.7 Å². The van der Waals surface area contributed by atoms with Crippen LogP contribution >= 0.6 is 0 Å². The molecule has 0 bridgehead atoms. The summed E-state index contributed by atoms with van der Waals surface area (Å²) in [7, 11) is -0.921. The fourth-order valence-electron chi connectivity index (χ4n) is 2.55. The molecule has 1 aromatic carbocycles. The van der Waals surface area contributed by atoms with Crippen molar-refractivity contribution in [1.82, 2.24) is 23.6 Å². The number of carbonyl (C=O) groups excluding carboxylic acids is 1. The number of amides is 1. The lowest BCUT2D eigenvalue weighted by Gasteiger charge is -2.06. The maximum atomic E-state index is 12.5. The minimum atomic E-state index is -4.08. The summed E-state index contributed by atoms with van der Waals surface area (Å²) < 4.78 is 31.3. The summed E-state index contributed by atoms with van der Waals surface area (Å²) in [6, 6.07) is 4.25. The SMILES string of the molecule is CCn1cc(C(=O)NS(=O)(=O)c2ccc3c(c2)n(C)c(=O)n3C)cn1. The van der Waals surface area contributed by atoms with E-state index >= 15 is 0 Å².